The van der Waals surface area contributed by atoms with E-state index in [-0.39, 0.29) is 24.5 Å². The number of nitrogens with two attached hydrogens (primary N) is 1. The maximum Gasteiger partial charge on any atom is 0.410 e. The molecule has 1 aliphatic rings. The number of amides is 1. The first-order valence-electron chi connectivity index (χ1n) is 12.4. The van der Waals surface area contributed by atoms with Gasteiger partial charge in [0.2, 0.25) is 0 Å². The van der Waals surface area contributed by atoms with Crippen molar-refractivity contribution in [2.45, 2.75) is 58.9 Å². The number of hydrogen-bond donors (Lipinski definition) is 1. The van der Waals surface area contributed by atoms with E-state index in [1.54, 1.807) is 12.0 Å². The van der Waals surface area contributed by atoms with Crippen LogP contribution in [0.15, 0.2) is 24.3 Å². The van der Waals surface area contributed by atoms with Gasteiger partial charge in [0.05, 0.1) is 13.7 Å². The van der Waals surface area contributed by atoms with Crippen molar-refractivity contribution in [1.82, 2.24) is 24.4 Å². The number of aryl methyl sites for hydroxylation is 1. The van der Waals surface area contributed by atoms with Gasteiger partial charge in [0.25, 0.3) is 6.01 Å². The number of aromatic nitrogens is 4. The van der Waals surface area contributed by atoms with Crippen molar-refractivity contribution in [3.8, 4) is 12.0 Å². The Balaban J connectivity index is 1.59. The summed E-state index contributed by atoms with van der Waals surface area (Å²) in [7, 11) is 1.58. The summed E-state index contributed by atoms with van der Waals surface area (Å²) >= 11 is 0. The third kappa shape index (κ3) is 7.10. The zero-order valence-corrected chi connectivity index (χ0v) is 21.2. The van der Waals surface area contributed by atoms with E-state index in [1.807, 2.05) is 23.6 Å². The van der Waals surface area contributed by atoms with Gasteiger partial charge in [-0.3, -0.25) is 4.57 Å². The second-order valence-electron chi connectivity index (χ2n) is 8.83. The maximum absolute atomic E-state index is 12.5. The van der Waals surface area contributed by atoms with Gasteiger partial charge in [0.15, 0.2) is 17.0 Å². The van der Waals surface area contributed by atoms with Gasteiger partial charge in [0.1, 0.15) is 6.61 Å². The lowest BCUT2D eigenvalue weighted by Gasteiger charge is -2.32. The molecule has 0 aliphatic carbocycles. The second-order valence-corrected chi connectivity index (χ2v) is 8.83. The third-order valence-corrected chi connectivity index (χ3v) is 6.03. The minimum atomic E-state index is -0.273. The minimum Gasteiger partial charge on any atom is -0.468 e. The van der Waals surface area contributed by atoms with E-state index in [0.29, 0.717) is 42.8 Å². The number of unbranched alkanes of at least 4 members (excludes halogenated alkanes) is 1. The number of rotatable bonds is 12. The Hall–Kier alpha value is -3.30. The lowest BCUT2D eigenvalue weighted by molar-refractivity contribution is 0.0896. The highest BCUT2D eigenvalue weighted by molar-refractivity contribution is 5.83. The Morgan fingerprint density at radius 1 is 1.29 bits per heavy atom. The van der Waals surface area contributed by atoms with Crippen molar-refractivity contribution in [2.24, 2.45) is 5.92 Å². The summed E-state index contributed by atoms with van der Waals surface area (Å²) in [4.78, 5) is 27.5. The van der Waals surface area contributed by atoms with Crippen LogP contribution in [0, 0.1) is 5.92 Å². The molecule has 10 heteroatoms. The number of likely N-dealkylation sites (tertiary alicyclic amines) is 1. The first kappa shape index (κ1) is 26.3. The lowest BCUT2D eigenvalue weighted by Crippen LogP contribution is -2.40. The number of methoxy groups -OCH3 is 1. The van der Waals surface area contributed by atoms with Gasteiger partial charge < -0.3 is 24.8 Å². The summed E-state index contributed by atoms with van der Waals surface area (Å²) in [5.74, 6) is 0.681. The molecule has 1 fully saturated rings. The molecule has 3 rings (SSSR count). The van der Waals surface area contributed by atoms with Gasteiger partial charge in [-0.1, -0.05) is 32.1 Å². The number of anilines is 1. The van der Waals surface area contributed by atoms with Crippen molar-refractivity contribution >= 4 is 23.1 Å². The standard InChI is InChI=1S/C25H38N6O4/c1-5-7-15-34-23-28-21(26)20-22(29-23)31(24(27-20)33-4)14-9-12-19-11-8-13-30(16-19)25(32)35-17-18(3)10-6-2/h6,10,19H,3,5,7-9,11-17H2,1-2,4H3,(H2,26,28,29). The lowest BCUT2D eigenvalue weighted by atomic mass is 9.93. The van der Waals surface area contributed by atoms with Gasteiger partial charge >= 0.3 is 12.1 Å². The molecule has 0 bridgehead atoms. The fraction of sp³-hybridized carbons (Fsp3) is 0.600. The number of carbonyl (C=O) groups is 1. The van der Waals surface area contributed by atoms with Crippen molar-refractivity contribution in [3.05, 3.63) is 24.3 Å². The van der Waals surface area contributed by atoms with E-state index < -0.39 is 0 Å². The number of fused-ring (bicyclic) bond motifs is 1. The summed E-state index contributed by atoms with van der Waals surface area (Å²) in [5.41, 5.74) is 8.02. The highest BCUT2D eigenvalue weighted by atomic mass is 16.6. The predicted octanol–water partition coefficient (Wildman–Crippen LogP) is 4.36. The fourth-order valence-corrected chi connectivity index (χ4v) is 4.25. The van der Waals surface area contributed by atoms with Crippen molar-refractivity contribution in [3.63, 3.8) is 0 Å². The van der Waals surface area contributed by atoms with Crippen LogP contribution in [0.2, 0.25) is 0 Å². The molecule has 1 amide bonds. The van der Waals surface area contributed by atoms with Crippen LogP contribution in [-0.4, -0.2) is 63.9 Å². The van der Waals surface area contributed by atoms with E-state index >= 15 is 0 Å². The zero-order valence-electron chi connectivity index (χ0n) is 21.2. The summed E-state index contributed by atoms with van der Waals surface area (Å²) in [6.45, 7) is 10.7. The Morgan fingerprint density at radius 2 is 2.11 bits per heavy atom. The molecule has 1 unspecified atom stereocenters. The van der Waals surface area contributed by atoms with Gasteiger partial charge in [-0.05, 0) is 50.5 Å². The first-order chi connectivity index (χ1) is 17.0. The van der Waals surface area contributed by atoms with Crippen molar-refractivity contribution in [2.75, 3.05) is 39.1 Å². The van der Waals surface area contributed by atoms with Gasteiger partial charge in [0, 0.05) is 19.6 Å². The van der Waals surface area contributed by atoms with Crippen LogP contribution in [0.5, 0.6) is 12.0 Å². The van der Waals surface area contributed by atoms with E-state index in [2.05, 4.69) is 28.5 Å². The molecule has 2 aromatic heterocycles. The molecule has 192 valence electrons. The first-order valence-corrected chi connectivity index (χ1v) is 12.4. The second kappa shape index (κ2) is 13.0. The number of nitrogen functional groups attached to an aromatic ring is 1. The molecule has 1 aliphatic heterocycles. The molecule has 1 saturated heterocycles. The topological polar surface area (TPSA) is 118 Å². The average molecular weight is 487 g/mol. The highest BCUT2D eigenvalue weighted by Gasteiger charge is 2.25. The molecule has 2 N–H and O–H groups in total. The number of imidazole rings is 1. The molecule has 3 heterocycles. The summed E-state index contributed by atoms with van der Waals surface area (Å²) in [6, 6.07) is 0.702. The molecular weight excluding hydrogens is 448 g/mol. The van der Waals surface area contributed by atoms with Gasteiger partial charge in [-0.25, -0.2) is 4.79 Å². The fourth-order valence-electron chi connectivity index (χ4n) is 4.25. The van der Waals surface area contributed by atoms with Crippen LogP contribution in [0.4, 0.5) is 10.6 Å². The quantitative estimate of drug-likeness (QED) is 0.347. The molecule has 2 aromatic rings. The zero-order chi connectivity index (χ0) is 25.2. The van der Waals surface area contributed by atoms with Crippen LogP contribution in [0.25, 0.3) is 11.2 Å². The van der Waals surface area contributed by atoms with Crippen molar-refractivity contribution in [1.29, 1.82) is 0 Å². The van der Waals surface area contributed by atoms with Gasteiger partial charge in [-0.15, -0.1) is 0 Å². The number of piperidine rings is 1. The Morgan fingerprint density at radius 3 is 2.86 bits per heavy atom. The molecule has 0 aromatic carbocycles. The SMILES string of the molecule is C=C(C=CC)COC(=O)N1CCCC(CCCn2c(OC)nc3c(N)nc(OCCCC)nc32)C1. The number of hydrogen-bond acceptors (Lipinski definition) is 8. The molecule has 0 radical (unpaired) electrons. The minimum absolute atomic E-state index is 0.215. The van der Waals surface area contributed by atoms with Crippen LogP contribution in [-0.2, 0) is 11.3 Å². The summed E-state index contributed by atoms with van der Waals surface area (Å²) in [5, 5.41) is 0. The van der Waals surface area contributed by atoms with E-state index in [0.717, 1.165) is 50.6 Å². The van der Waals surface area contributed by atoms with Crippen LogP contribution >= 0.6 is 0 Å². The van der Waals surface area contributed by atoms with Gasteiger partial charge in [-0.2, -0.15) is 15.0 Å². The van der Waals surface area contributed by atoms with E-state index in [1.165, 1.54) is 0 Å². The summed E-state index contributed by atoms with van der Waals surface area (Å²) < 4.78 is 18.5. The normalized spacial score (nSPS) is 16.1. The van der Waals surface area contributed by atoms with Crippen LogP contribution in [0.3, 0.4) is 0 Å². The largest absolute Gasteiger partial charge is 0.468 e. The smallest absolute Gasteiger partial charge is 0.410 e. The maximum atomic E-state index is 12.5. The molecule has 0 saturated carbocycles. The Bertz CT molecular complexity index is 1030. The van der Waals surface area contributed by atoms with E-state index in [4.69, 9.17) is 19.9 Å². The monoisotopic (exact) mass is 486 g/mol. The molecular formula is C25H38N6O4. The number of allylic oxidation sites excluding steroid dienone is 1. The number of nitrogens with zero attached hydrogens (tertiary/aromatic N) is 5. The Kier molecular flexibility index (Phi) is 9.75. The Labute approximate surface area is 207 Å². The third-order valence-electron chi connectivity index (χ3n) is 6.03. The number of ether oxygens (including phenoxy) is 3. The predicted molar refractivity (Wildman–Crippen MR) is 136 cm³/mol. The number of carbonyl (C=O) groups excluding carboxylic acids is 1. The average Bonchev–Trinajstić information content (AvgIpc) is 3.21. The molecule has 10 nitrogen and oxygen atoms in total. The summed E-state index contributed by atoms with van der Waals surface area (Å²) in [6.07, 6.45) is 9.28. The van der Waals surface area contributed by atoms with Crippen LogP contribution in [0.1, 0.15) is 52.4 Å². The highest BCUT2D eigenvalue weighted by Crippen LogP contribution is 2.27. The van der Waals surface area contributed by atoms with E-state index in [9.17, 15) is 4.79 Å². The molecule has 0 spiro atoms. The molecule has 1 atom stereocenters. The van der Waals surface area contributed by atoms with Crippen LogP contribution < -0.4 is 15.2 Å². The molecule has 35 heavy (non-hydrogen) atoms. The van der Waals surface area contributed by atoms with Crippen molar-refractivity contribution < 1.29 is 19.0 Å².